The molecule has 0 saturated heterocycles. The molecule has 2 fully saturated rings. The number of rotatable bonds is 4. The number of carboxylic acid groups (broad SMARTS) is 1. The highest BCUT2D eigenvalue weighted by Gasteiger charge is 2.41. The van der Waals surface area contributed by atoms with Gasteiger partial charge in [-0.05, 0) is 43.9 Å². The van der Waals surface area contributed by atoms with E-state index in [1.165, 1.54) is 0 Å². The Bertz CT molecular complexity index is 387. The van der Waals surface area contributed by atoms with Crippen LogP contribution in [0, 0.1) is 10.8 Å². The first-order chi connectivity index (χ1) is 9.83. The minimum absolute atomic E-state index is 0.0657. The summed E-state index contributed by atoms with van der Waals surface area (Å²) in [6, 6.07) is 0.236. The van der Waals surface area contributed by atoms with Crippen molar-refractivity contribution in [3.8, 4) is 0 Å². The molecule has 21 heavy (non-hydrogen) atoms. The van der Waals surface area contributed by atoms with E-state index in [1.807, 2.05) is 0 Å². The SMILES string of the molecule is CC1(C)CCC(NC(=O)CC2(C(=O)O)CCCCC2)CC1. The van der Waals surface area contributed by atoms with Gasteiger partial charge in [-0.15, -0.1) is 0 Å². The van der Waals surface area contributed by atoms with Gasteiger partial charge in [-0.2, -0.15) is 0 Å². The second-order valence-corrected chi connectivity index (χ2v) is 7.83. The highest BCUT2D eigenvalue weighted by Crippen LogP contribution is 2.40. The molecule has 2 rings (SSSR count). The molecule has 0 radical (unpaired) electrons. The zero-order valence-electron chi connectivity index (χ0n) is 13.4. The average Bonchev–Trinajstić information content (AvgIpc) is 2.42. The van der Waals surface area contributed by atoms with Crippen LogP contribution in [0.5, 0.6) is 0 Å². The van der Waals surface area contributed by atoms with E-state index in [0.717, 1.165) is 44.9 Å². The van der Waals surface area contributed by atoms with Gasteiger partial charge in [0.05, 0.1) is 5.41 Å². The van der Waals surface area contributed by atoms with E-state index < -0.39 is 11.4 Å². The molecule has 0 spiro atoms. The quantitative estimate of drug-likeness (QED) is 0.834. The predicted octanol–water partition coefficient (Wildman–Crippen LogP) is 3.50. The molecule has 0 aromatic carbocycles. The van der Waals surface area contributed by atoms with Crippen LogP contribution < -0.4 is 5.32 Å². The molecule has 2 N–H and O–H groups in total. The van der Waals surface area contributed by atoms with Crippen LogP contribution in [-0.2, 0) is 9.59 Å². The van der Waals surface area contributed by atoms with Gasteiger partial charge in [0.15, 0.2) is 0 Å². The van der Waals surface area contributed by atoms with Crippen LogP contribution in [0.1, 0.15) is 78.1 Å². The van der Waals surface area contributed by atoms with E-state index in [2.05, 4.69) is 19.2 Å². The zero-order chi connectivity index (χ0) is 15.5. The maximum atomic E-state index is 12.3. The van der Waals surface area contributed by atoms with E-state index in [9.17, 15) is 14.7 Å². The van der Waals surface area contributed by atoms with Crippen molar-refractivity contribution >= 4 is 11.9 Å². The standard InChI is InChI=1S/C17H29NO3/c1-16(2)10-6-13(7-11-16)18-14(19)12-17(15(20)21)8-4-3-5-9-17/h13H,3-12H2,1-2H3,(H,18,19)(H,20,21). The fourth-order valence-electron chi connectivity index (χ4n) is 3.82. The van der Waals surface area contributed by atoms with Crippen molar-refractivity contribution in [3.05, 3.63) is 0 Å². The maximum Gasteiger partial charge on any atom is 0.310 e. The summed E-state index contributed by atoms with van der Waals surface area (Å²) >= 11 is 0. The van der Waals surface area contributed by atoms with Crippen LogP contribution in [0.15, 0.2) is 0 Å². The third-order valence-corrected chi connectivity index (χ3v) is 5.47. The summed E-state index contributed by atoms with van der Waals surface area (Å²) in [7, 11) is 0. The van der Waals surface area contributed by atoms with Gasteiger partial charge in [-0.1, -0.05) is 33.1 Å². The summed E-state index contributed by atoms with van der Waals surface area (Å²) in [6.45, 7) is 4.54. The lowest BCUT2D eigenvalue weighted by molar-refractivity contribution is -0.154. The van der Waals surface area contributed by atoms with Gasteiger partial charge in [0.25, 0.3) is 0 Å². The zero-order valence-corrected chi connectivity index (χ0v) is 13.4. The Kier molecular flexibility index (Phi) is 4.95. The predicted molar refractivity (Wildman–Crippen MR) is 82.0 cm³/mol. The molecule has 0 aromatic heterocycles. The van der Waals surface area contributed by atoms with Crippen molar-refractivity contribution in [2.24, 2.45) is 10.8 Å². The minimum atomic E-state index is -0.809. The van der Waals surface area contributed by atoms with E-state index in [-0.39, 0.29) is 18.4 Å². The molecular weight excluding hydrogens is 266 g/mol. The van der Waals surface area contributed by atoms with Crippen molar-refractivity contribution < 1.29 is 14.7 Å². The average molecular weight is 295 g/mol. The number of carbonyl (C=O) groups excluding carboxylic acids is 1. The van der Waals surface area contributed by atoms with Crippen molar-refractivity contribution in [1.82, 2.24) is 5.32 Å². The molecule has 1 amide bonds. The Labute approximate surface area is 127 Å². The smallest absolute Gasteiger partial charge is 0.310 e. The van der Waals surface area contributed by atoms with Gasteiger partial charge in [0, 0.05) is 12.5 Å². The molecule has 0 aliphatic heterocycles. The van der Waals surface area contributed by atoms with Crippen molar-refractivity contribution in [3.63, 3.8) is 0 Å². The van der Waals surface area contributed by atoms with Gasteiger partial charge in [0.2, 0.25) is 5.91 Å². The molecule has 2 aliphatic rings. The first kappa shape index (κ1) is 16.3. The van der Waals surface area contributed by atoms with E-state index in [0.29, 0.717) is 18.3 Å². The number of carboxylic acids is 1. The summed E-state index contributed by atoms with van der Waals surface area (Å²) in [4.78, 5) is 23.9. The van der Waals surface area contributed by atoms with Gasteiger partial charge in [-0.3, -0.25) is 9.59 Å². The lowest BCUT2D eigenvalue weighted by atomic mass is 9.71. The summed E-state index contributed by atoms with van der Waals surface area (Å²) in [5.41, 5.74) is -0.427. The Balaban J connectivity index is 1.87. The van der Waals surface area contributed by atoms with Crippen LogP contribution >= 0.6 is 0 Å². The van der Waals surface area contributed by atoms with E-state index in [4.69, 9.17) is 0 Å². The Hall–Kier alpha value is -1.06. The van der Waals surface area contributed by atoms with Gasteiger partial charge >= 0.3 is 5.97 Å². The number of hydrogen-bond acceptors (Lipinski definition) is 2. The largest absolute Gasteiger partial charge is 0.481 e. The fourth-order valence-corrected chi connectivity index (χ4v) is 3.82. The number of nitrogens with one attached hydrogen (secondary N) is 1. The number of aliphatic carboxylic acids is 1. The molecule has 2 saturated carbocycles. The summed E-state index contributed by atoms with van der Waals surface area (Å²) in [5.74, 6) is -0.855. The number of hydrogen-bond donors (Lipinski definition) is 2. The van der Waals surface area contributed by atoms with Gasteiger partial charge in [0.1, 0.15) is 0 Å². The summed E-state index contributed by atoms with van der Waals surface area (Å²) in [6.07, 6.45) is 8.67. The summed E-state index contributed by atoms with van der Waals surface area (Å²) in [5, 5.41) is 12.6. The first-order valence-electron chi connectivity index (χ1n) is 8.36. The van der Waals surface area contributed by atoms with Crippen LogP contribution in [0.4, 0.5) is 0 Å². The monoisotopic (exact) mass is 295 g/mol. The Morgan fingerprint density at radius 2 is 1.62 bits per heavy atom. The highest BCUT2D eigenvalue weighted by molar-refractivity contribution is 5.85. The lowest BCUT2D eigenvalue weighted by Crippen LogP contribution is -2.44. The molecule has 120 valence electrons. The fraction of sp³-hybridized carbons (Fsp3) is 0.882. The third kappa shape index (κ3) is 4.21. The molecule has 0 atom stereocenters. The third-order valence-electron chi connectivity index (χ3n) is 5.47. The minimum Gasteiger partial charge on any atom is -0.481 e. The van der Waals surface area contributed by atoms with Crippen molar-refractivity contribution in [2.45, 2.75) is 84.1 Å². The summed E-state index contributed by atoms with van der Waals surface area (Å²) < 4.78 is 0. The molecule has 0 bridgehead atoms. The van der Waals surface area contributed by atoms with Crippen molar-refractivity contribution in [1.29, 1.82) is 0 Å². The molecule has 0 aromatic rings. The normalized spacial score (nSPS) is 25.2. The van der Waals surface area contributed by atoms with E-state index in [1.54, 1.807) is 0 Å². The lowest BCUT2D eigenvalue weighted by Gasteiger charge is -2.36. The maximum absolute atomic E-state index is 12.3. The van der Waals surface area contributed by atoms with E-state index >= 15 is 0 Å². The van der Waals surface area contributed by atoms with Crippen LogP contribution in [0.3, 0.4) is 0 Å². The Morgan fingerprint density at radius 3 is 2.14 bits per heavy atom. The highest BCUT2D eigenvalue weighted by atomic mass is 16.4. The molecule has 0 heterocycles. The Morgan fingerprint density at radius 1 is 1.05 bits per heavy atom. The number of carbonyl (C=O) groups is 2. The second kappa shape index (κ2) is 6.37. The van der Waals surface area contributed by atoms with Crippen LogP contribution in [-0.4, -0.2) is 23.0 Å². The molecule has 2 aliphatic carbocycles. The van der Waals surface area contributed by atoms with Crippen molar-refractivity contribution in [2.75, 3.05) is 0 Å². The van der Waals surface area contributed by atoms with Crippen LogP contribution in [0.2, 0.25) is 0 Å². The molecule has 4 heteroatoms. The second-order valence-electron chi connectivity index (χ2n) is 7.83. The van der Waals surface area contributed by atoms with Gasteiger partial charge in [-0.25, -0.2) is 0 Å². The topological polar surface area (TPSA) is 66.4 Å². The number of amides is 1. The van der Waals surface area contributed by atoms with Crippen LogP contribution in [0.25, 0.3) is 0 Å². The molecule has 0 unspecified atom stereocenters. The molecule has 4 nitrogen and oxygen atoms in total. The van der Waals surface area contributed by atoms with Gasteiger partial charge < -0.3 is 10.4 Å². The first-order valence-corrected chi connectivity index (χ1v) is 8.36. The molecular formula is C17H29NO3.